The first kappa shape index (κ1) is 4.98. The van der Waals surface area contributed by atoms with E-state index >= 15 is 0 Å². The Labute approximate surface area is 44.9 Å². The van der Waals surface area contributed by atoms with Crippen LogP contribution in [0.2, 0.25) is 0 Å². The maximum absolute atomic E-state index is 5.61. The molecule has 0 aliphatic heterocycles. The number of rotatable bonds is 0. The predicted octanol–water partition coefficient (Wildman–Crippen LogP) is 1.09. The molecule has 0 aromatic rings. The van der Waals surface area contributed by atoms with Crippen LogP contribution in [0.1, 0.15) is 25.7 Å². The van der Waals surface area contributed by atoms with Crippen LogP contribution < -0.4 is 5.73 Å². The van der Waals surface area contributed by atoms with Crippen LogP contribution >= 0.6 is 0 Å². The molecule has 0 atom stereocenters. The Morgan fingerprint density at radius 2 is 1.86 bits per heavy atom. The highest BCUT2D eigenvalue weighted by molar-refractivity contribution is 4.77. The molecule has 2 N–H and O–H groups in total. The van der Waals surface area contributed by atoms with Crippen LogP contribution in [0.5, 0.6) is 0 Å². The van der Waals surface area contributed by atoms with Gasteiger partial charge in [0.1, 0.15) is 0 Å². The quantitative estimate of drug-likeness (QED) is 0.451. The summed E-state index contributed by atoms with van der Waals surface area (Å²) < 4.78 is 0. The SMILES string of the molecule is NC1CC[CH+]CC1. The van der Waals surface area contributed by atoms with E-state index in [1.807, 2.05) is 0 Å². The van der Waals surface area contributed by atoms with Crippen molar-refractivity contribution in [1.82, 2.24) is 0 Å². The summed E-state index contributed by atoms with van der Waals surface area (Å²) in [6.07, 6.45) is 7.21. The maximum Gasteiger partial charge on any atom is 0.0890 e. The lowest BCUT2D eigenvalue weighted by molar-refractivity contribution is 0.507. The van der Waals surface area contributed by atoms with Crippen molar-refractivity contribution in [3.05, 3.63) is 6.42 Å². The van der Waals surface area contributed by atoms with E-state index in [4.69, 9.17) is 5.73 Å². The standard InChI is InChI=1S/C6H12N/c7-6-4-2-1-3-5-6/h1,6H,2-5,7H2/q+1. The maximum atomic E-state index is 5.61. The van der Waals surface area contributed by atoms with Crippen molar-refractivity contribution >= 4 is 0 Å². The molecule has 40 valence electrons. The molecule has 1 aliphatic carbocycles. The third kappa shape index (κ3) is 1.39. The van der Waals surface area contributed by atoms with Crippen molar-refractivity contribution in [2.24, 2.45) is 5.73 Å². The average molecular weight is 98.2 g/mol. The lowest BCUT2D eigenvalue weighted by Crippen LogP contribution is -2.22. The summed E-state index contributed by atoms with van der Waals surface area (Å²) in [6.45, 7) is 0. The second kappa shape index (κ2) is 2.22. The zero-order valence-electron chi connectivity index (χ0n) is 4.56. The van der Waals surface area contributed by atoms with E-state index in [-0.39, 0.29) is 0 Å². The molecule has 7 heavy (non-hydrogen) atoms. The molecule has 0 amide bonds. The van der Waals surface area contributed by atoms with Gasteiger partial charge in [0.15, 0.2) is 0 Å². The minimum Gasteiger partial charge on any atom is -0.327 e. The van der Waals surface area contributed by atoms with Crippen LogP contribution in [-0.4, -0.2) is 6.04 Å². The Morgan fingerprint density at radius 1 is 1.29 bits per heavy atom. The van der Waals surface area contributed by atoms with Crippen molar-refractivity contribution in [2.75, 3.05) is 0 Å². The molecule has 1 saturated carbocycles. The Balaban J connectivity index is 2.12. The molecular weight excluding hydrogens is 86.1 g/mol. The van der Waals surface area contributed by atoms with Gasteiger partial charge in [-0.15, -0.1) is 0 Å². The highest BCUT2D eigenvalue weighted by Crippen LogP contribution is 2.13. The van der Waals surface area contributed by atoms with Gasteiger partial charge in [0, 0.05) is 18.9 Å². The van der Waals surface area contributed by atoms with Gasteiger partial charge in [-0.3, -0.25) is 0 Å². The molecule has 1 nitrogen and oxygen atoms in total. The van der Waals surface area contributed by atoms with E-state index in [1.165, 1.54) is 25.7 Å². The highest BCUT2D eigenvalue weighted by atomic mass is 14.6. The summed E-state index contributed by atoms with van der Waals surface area (Å²) in [5.74, 6) is 0. The van der Waals surface area contributed by atoms with E-state index < -0.39 is 0 Å². The first-order valence-corrected chi connectivity index (χ1v) is 2.97. The largest absolute Gasteiger partial charge is 0.327 e. The summed E-state index contributed by atoms with van der Waals surface area (Å²) in [5, 5.41) is 0. The molecule has 0 bridgehead atoms. The Morgan fingerprint density at radius 3 is 2.14 bits per heavy atom. The van der Waals surface area contributed by atoms with E-state index in [2.05, 4.69) is 6.42 Å². The smallest absolute Gasteiger partial charge is 0.0890 e. The van der Waals surface area contributed by atoms with E-state index in [9.17, 15) is 0 Å². The molecule has 0 heterocycles. The third-order valence-electron chi connectivity index (χ3n) is 1.48. The fourth-order valence-electron chi connectivity index (χ4n) is 0.953. The summed E-state index contributed by atoms with van der Waals surface area (Å²) in [4.78, 5) is 0. The van der Waals surface area contributed by atoms with Gasteiger partial charge in [0.05, 0.1) is 19.3 Å². The van der Waals surface area contributed by atoms with Gasteiger partial charge >= 0.3 is 0 Å². The van der Waals surface area contributed by atoms with Crippen LogP contribution in [0.4, 0.5) is 0 Å². The van der Waals surface area contributed by atoms with Crippen molar-refractivity contribution in [2.45, 2.75) is 31.7 Å². The minimum atomic E-state index is 0.505. The summed E-state index contributed by atoms with van der Waals surface area (Å²) in [7, 11) is 0. The first-order chi connectivity index (χ1) is 3.39. The average Bonchev–Trinajstić information content (AvgIpc) is 1.69. The van der Waals surface area contributed by atoms with Crippen molar-refractivity contribution in [1.29, 1.82) is 0 Å². The number of hydrogen-bond acceptors (Lipinski definition) is 1. The van der Waals surface area contributed by atoms with Gasteiger partial charge in [-0.2, -0.15) is 0 Å². The Bertz CT molecular complexity index is 46.1. The molecule has 0 aromatic carbocycles. The molecule has 0 unspecified atom stereocenters. The van der Waals surface area contributed by atoms with Crippen molar-refractivity contribution < 1.29 is 0 Å². The summed E-state index contributed by atoms with van der Waals surface area (Å²) in [6, 6.07) is 0.505. The lowest BCUT2D eigenvalue weighted by Gasteiger charge is -2.09. The fraction of sp³-hybridized carbons (Fsp3) is 0.833. The molecule has 0 spiro atoms. The van der Waals surface area contributed by atoms with Gasteiger partial charge < -0.3 is 5.73 Å². The van der Waals surface area contributed by atoms with Crippen LogP contribution in [0.3, 0.4) is 0 Å². The first-order valence-electron chi connectivity index (χ1n) is 2.97. The summed E-state index contributed by atoms with van der Waals surface area (Å²) in [5.41, 5.74) is 5.61. The van der Waals surface area contributed by atoms with Crippen LogP contribution in [0.15, 0.2) is 0 Å². The summed E-state index contributed by atoms with van der Waals surface area (Å²) >= 11 is 0. The third-order valence-corrected chi connectivity index (χ3v) is 1.48. The highest BCUT2D eigenvalue weighted by Gasteiger charge is 2.13. The molecule has 1 rings (SSSR count). The zero-order chi connectivity index (χ0) is 5.11. The lowest BCUT2D eigenvalue weighted by atomic mass is 9.97. The van der Waals surface area contributed by atoms with Crippen LogP contribution in [0, 0.1) is 6.42 Å². The molecule has 1 aliphatic rings. The molecule has 1 fully saturated rings. The molecule has 1 heteroatoms. The van der Waals surface area contributed by atoms with Gasteiger partial charge in [0.25, 0.3) is 0 Å². The fourth-order valence-corrected chi connectivity index (χ4v) is 0.953. The normalized spacial score (nSPS) is 24.1. The van der Waals surface area contributed by atoms with Crippen LogP contribution in [-0.2, 0) is 0 Å². The molecule has 0 radical (unpaired) electrons. The van der Waals surface area contributed by atoms with Gasteiger partial charge in [-0.25, -0.2) is 0 Å². The number of nitrogens with two attached hydrogens (primary N) is 1. The van der Waals surface area contributed by atoms with Gasteiger partial charge in [0.2, 0.25) is 0 Å². The van der Waals surface area contributed by atoms with Crippen LogP contribution in [0.25, 0.3) is 0 Å². The monoisotopic (exact) mass is 98.1 g/mol. The number of hydrogen-bond donors (Lipinski definition) is 1. The molecule has 0 aromatic heterocycles. The Hall–Kier alpha value is -0.170. The molecular formula is C6H12N+. The van der Waals surface area contributed by atoms with Gasteiger partial charge in [-0.05, 0) is 0 Å². The predicted molar refractivity (Wildman–Crippen MR) is 30.7 cm³/mol. The Kier molecular flexibility index (Phi) is 1.58. The van der Waals surface area contributed by atoms with Crippen molar-refractivity contribution in [3.8, 4) is 0 Å². The minimum absolute atomic E-state index is 0.505. The second-order valence-electron chi connectivity index (χ2n) is 2.20. The topological polar surface area (TPSA) is 26.0 Å². The van der Waals surface area contributed by atoms with E-state index in [0.29, 0.717) is 6.04 Å². The van der Waals surface area contributed by atoms with Crippen molar-refractivity contribution in [3.63, 3.8) is 0 Å². The second-order valence-corrected chi connectivity index (χ2v) is 2.20. The van der Waals surface area contributed by atoms with E-state index in [1.54, 1.807) is 0 Å². The van der Waals surface area contributed by atoms with E-state index in [0.717, 1.165) is 0 Å². The zero-order valence-corrected chi connectivity index (χ0v) is 4.56. The molecule has 0 saturated heterocycles. The van der Waals surface area contributed by atoms with Gasteiger partial charge in [-0.1, -0.05) is 0 Å².